The summed E-state index contributed by atoms with van der Waals surface area (Å²) >= 11 is 0. The zero-order valence-corrected chi connectivity index (χ0v) is 13.9. The second-order valence-electron chi connectivity index (χ2n) is 6.17. The Bertz CT molecular complexity index is 747. The minimum Gasteiger partial charge on any atom is -0.480 e. The number of hydrogen-bond donors (Lipinski definition) is 2. The van der Waals surface area contributed by atoms with Gasteiger partial charge in [0, 0.05) is 23.7 Å². The standard InChI is InChI=1S/C16H19N3O6/c1-10-8-11(4-5-12(10)19(24)25)14(21)17-9-13(20)18-7-3-6-16(18,2)15(22)23/h4-5,8H,3,6-7,9H2,1-2H3,(H,17,21)(H,22,23). The van der Waals surface area contributed by atoms with E-state index < -0.39 is 28.2 Å². The van der Waals surface area contributed by atoms with Crippen molar-refractivity contribution in [2.24, 2.45) is 0 Å². The molecule has 1 atom stereocenters. The van der Waals surface area contributed by atoms with Crippen molar-refractivity contribution in [3.63, 3.8) is 0 Å². The number of aryl methyl sites for hydroxylation is 1. The summed E-state index contributed by atoms with van der Waals surface area (Å²) < 4.78 is 0. The topological polar surface area (TPSA) is 130 Å². The molecule has 1 heterocycles. The van der Waals surface area contributed by atoms with Crippen molar-refractivity contribution >= 4 is 23.5 Å². The van der Waals surface area contributed by atoms with E-state index in [1.54, 1.807) is 0 Å². The van der Waals surface area contributed by atoms with Gasteiger partial charge in [-0.1, -0.05) is 0 Å². The number of aliphatic carboxylic acids is 1. The third-order valence-corrected chi connectivity index (χ3v) is 4.46. The van der Waals surface area contributed by atoms with Crippen molar-refractivity contribution in [2.75, 3.05) is 13.1 Å². The average Bonchev–Trinajstić information content (AvgIpc) is 2.95. The molecule has 1 aliphatic rings. The first kappa shape index (κ1) is 18.4. The summed E-state index contributed by atoms with van der Waals surface area (Å²) in [6, 6.07) is 3.91. The van der Waals surface area contributed by atoms with E-state index >= 15 is 0 Å². The molecule has 0 bridgehead atoms. The van der Waals surface area contributed by atoms with Gasteiger partial charge >= 0.3 is 5.97 Å². The maximum Gasteiger partial charge on any atom is 0.329 e. The maximum absolute atomic E-state index is 12.3. The Morgan fingerprint density at radius 1 is 1.40 bits per heavy atom. The zero-order chi connectivity index (χ0) is 18.8. The largest absolute Gasteiger partial charge is 0.480 e. The second kappa shape index (κ2) is 6.88. The van der Waals surface area contributed by atoms with E-state index in [0.29, 0.717) is 24.9 Å². The molecule has 9 heteroatoms. The molecule has 2 N–H and O–H groups in total. The third kappa shape index (κ3) is 3.59. The number of benzene rings is 1. The predicted molar refractivity (Wildman–Crippen MR) is 87.2 cm³/mol. The lowest BCUT2D eigenvalue weighted by molar-refractivity contribution is -0.385. The van der Waals surface area contributed by atoms with Gasteiger partial charge in [-0.2, -0.15) is 0 Å². The summed E-state index contributed by atoms with van der Waals surface area (Å²) in [7, 11) is 0. The van der Waals surface area contributed by atoms with Crippen molar-refractivity contribution in [2.45, 2.75) is 32.2 Å². The molecular formula is C16H19N3O6. The van der Waals surface area contributed by atoms with Gasteiger partial charge in [0.1, 0.15) is 5.54 Å². The lowest BCUT2D eigenvalue weighted by Gasteiger charge is -2.31. The Morgan fingerprint density at radius 2 is 2.08 bits per heavy atom. The highest BCUT2D eigenvalue weighted by Crippen LogP contribution is 2.29. The summed E-state index contributed by atoms with van der Waals surface area (Å²) in [5, 5.41) is 22.5. The van der Waals surface area contributed by atoms with Gasteiger partial charge in [-0.25, -0.2) is 4.79 Å². The van der Waals surface area contributed by atoms with Crippen LogP contribution < -0.4 is 5.32 Å². The number of carboxylic acid groups (broad SMARTS) is 1. The third-order valence-electron chi connectivity index (χ3n) is 4.46. The molecule has 1 aliphatic heterocycles. The number of nitro groups is 1. The highest BCUT2D eigenvalue weighted by Gasteiger charge is 2.45. The number of nitro benzene ring substituents is 1. The van der Waals surface area contributed by atoms with E-state index in [9.17, 15) is 29.6 Å². The van der Waals surface area contributed by atoms with E-state index in [4.69, 9.17) is 0 Å². The van der Waals surface area contributed by atoms with E-state index in [1.807, 2.05) is 0 Å². The van der Waals surface area contributed by atoms with Gasteiger partial charge in [0.2, 0.25) is 5.91 Å². The summed E-state index contributed by atoms with van der Waals surface area (Å²) in [6.07, 6.45) is 0.952. The molecule has 0 saturated carbocycles. The second-order valence-corrected chi connectivity index (χ2v) is 6.17. The fourth-order valence-electron chi connectivity index (χ4n) is 2.94. The van der Waals surface area contributed by atoms with E-state index in [2.05, 4.69) is 5.32 Å². The fourth-order valence-corrected chi connectivity index (χ4v) is 2.94. The van der Waals surface area contributed by atoms with Crippen LogP contribution in [0.25, 0.3) is 0 Å². The Labute approximate surface area is 143 Å². The van der Waals surface area contributed by atoms with Gasteiger partial charge in [0.15, 0.2) is 0 Å². The van der Waals surface area contributed by atoms with Gasteiger partial charge in [-0.05, 0) is 38.8 Å². The number of carbonyl (C=O) groups is 3. The number of carbonyl (C=O) groups excluding carboxylic acids is 2. The van der Waals surface area contributed by atoms with Crippen LogP contribution in [0.2, 0.25) is 0 Å². The lowest BCUT2D eigenvalue weighted by Crippen LogP contribution is -2.53. The van der Waals surface area contributed by atoms with E-state index in [-0.39, 0.29) is 17.8 Å². The number of carboxylic acids is 1. The van der Waals surface area contributed by atoms with Crippen LogP contribution in [0.1, 0.15) is 35.7 Å². The zero-order valence-electron chi connectivity index (χ0n) is 13.9. The van der Waals surface area contributed by atoms with Crippen LogP contribution in [-0.2, 0) is 9.59 Å². The normalized spacial score (nSPS) is 19.5. The molecule has 1 aromatic carbocycles. The Kier molecular flexibility index (Phi) is 5.05. The van der Waals surface area contributed by atoms with Gasteiger partial charge in [0.05, 0.1) is 11.5 Å². The predicted octanol–water partition coefficient (Wildman–Crippen LogP) is 1.10. The molecule has 9 nitrogen and oxygen atoms in total. The number of hydrogen-bond acceptors (Lipinski definition) is 5. The van der Waals surface area contributed by atoms with Crippen LogP contribution in [0.15, 0.2) is 18.2 Å². The number of amides is 2. The molecule has 0 aliphatic carbocycles. The molecule has 0 spiro atoms. The summed E-state index contributed by atoms with van der Waals surface area (Å²) in [4.78, 5) is 47.3. The molecule has 1 fully saturated rings. The van der Waals surface area contributed by atoms with Crippen LogP contribution in [-0.4, -0.2) is 51.3 Å². The first-order valence-corrected chi connectivity index (χ1v) is 7.74. The molecule has 1 aromatic rings. The van der Waals surface area contributed by atoms with Gasteiger partial charge < -0.3 is 15.3 Å². The molecule has 2 amide bonds. The van der Waals surface area contributed by atoms with Crippen molar-refractivity contribution in [3.8, 4) is 0 Å². The van der Waals surface area contributed by atoms with Crippen molar-refractivity contribution < 1.29 is 24.4 Å². The van der Waals surface area contributed by atoms with Crippen molar-refractivity contribution in [3.05, 3.63) is 39.4 Å². The number of likely N-dealkylation sites (tertiary alicyclic amines) is 1. The van der Waals surface area contributed by atoms with Gasteiger partial charge in [0.25, 0.3) is 11.6 Å². The van der Waals surface area contributed by atoms with Crippen LogP contribution in [0.5, 0.6) is 0 Å². The molecule has 1 unspecified atom stereocenters. The molecular weight excluding hydrogens is 330 g/mol. The van der Waals surface area contributed by atoms with Crippen LogP contribution >= 0.6 is 0 Å². The summed E-state index contributed by atoms with van der Waals surface area (Å²) in [5.41, 5.74) is -0.826. The van der Waals surface area contributed by atoms with E-state index in [0.717, 1.165) is 0 Å². The molecule has 0 aromatic heterocycles. The Morgan fingerprint density at radius 3 is 2.64 bits per heavy atom. The van der Waals surface area contributed by atoms with Crippen LogP contribution in [0, 0.1) is 17.0 Å². The molecule has 25 heavy (non-hydrogen) atoms. The first-order valence-electron chi connectivity index (χ1n) is 7.74. The SMILES string of the molecule is Cc1cc(C(=O)NCC(=O)N2CCCC2(C)C(=O)O)ccc1[N+](=O)[O-]. The smallest absolute Gasteiger partial charge is 0.329 e. The number of nitrogens with one attached hydrogen (secondary N) is 1. The van der Waals surface area contributed by atoms with Crippen molar-refractivity contribution in [1.82, 2.24) is 10.2 Å². The highest BCUT2D eigenvalue weighted by atomic mass is 16.6. The summed E-state index contributed by atoms with van der Waals surface area (Å²) in [5.74, 6) is -2.10. The molecule has 2 rings (SSSR count). The van der Waals surface area contributed by atoms with Crippen molar-refractivity contribution in [1.29, 1.82) is 0 Å². The number of rotatable bonds is 5. The highest BCUT2D eigenvalue weighted by molar-refractivity contribution is 5.97. The summed E-state index contributed by atoms with van der Waals surface area (Å²) in [6.45, 7) is 3.00. The molecule has 1 saturated heterocycles. The van der Waals surface area contributed by atoms with Gasteiger partial charge in [-0.3, -0.25) is 19.7 Å². The minimum absolute atomic E-state index is 0.0954. The monoisotopic (exact) mass is 349 g/mol. The Hall–Kier alpha value is -2.97. The van der Waals surface area contributed by atoms with Crippen LogP contribution in [0.3, 0.4) is 0 Å². The maximum atomic E-state index is 12.3. The number of nitrogens with zero attached hydrogens (tertiary/aromatic N) is 2. The van der Waals surface area contributed by atoms with Gasteiger partial charge in [-0.15, -0.1) is 0 Å². The van der Waals surface area contributed by atoms with Crippen LogP contribution in [0.4, 0.5) is 5.69 Å². The fraction of sp³-hybridized carbons (Fsp3) is 0.438. The Balaban J connectivity index is 2.02. The minimum atomic E-state index is -1.26. The first-order chi connectivity index (χ1) is 11.7. The quantitative estimate of drug-likeness (QED) is 0.605. The lowest BCUT2D eigenvalue weighted by atomic mass is 9.99. The van der Waals surface area contributed by atoms with E-state index in [1.165, 1.54) is 36.9 Å². The molecule has 0 radical (unpaired) electrons. The average molecular weight is 349 g/mol. The molecule has 134 valence electrons.